The summed E-state index contributed by atoms with van der Waals surface area (Å²) in [5.41, 5.74) is 2.32. The molecule has 1 amide bonds. The third-order valence-corrected chi connectivity index (χ3v) is 6.16. The Balaban J connectivity index is 1.44. The molecule has 0 spiro atoms. The quantitative estimate of drug-likeness (QED) is 0.630. The Hall–Kier alpha value is -3.00. The number of piperazine rings is 1. The normalized spacial score (nSPS) is 17.5. The number of hydrogen-bond donors (Lipinski definition) is 0. The molecular formula is C23H28N6O2. The van der Waals surface area contributed by atoms with Gasteiger partial charge in [-0.15, -0.1) is 0 Å². The molecule has 2 aliphatic rings. The van der Waals surface area contributed by atoms with Crippen molar-refractivity contribution in [3.63, 3.8) is 0 Å². The lowest BCUT2D eigenvalue weighted by Gasteiger charge is -2.36. The summed E-state index contributed by atoms with van der Waals surface area (Å²) in [6, 6.07) is 6.14. The van der Waals surface area contributed by atoms with Crippen LogP contribution in [0, 0.1) is 6.92 Å². The van der Waals surface area contributed by atoms with E-state index < -0.39 is 0 Å². The molecule has 1 aliphatic heterocycles. The van der Waals surface area contributed by atoms with E-state index in [1.165, 1.54) is 0 Å². The van der Waals surface area contributed by atoms with Crippen LogP contribution >= 0.6 is 0 Å². The van der Waals surface area contributed by atoms with Crippen LogP contribution in [0.5, 0.6) is 0 Å². The van der Waals surface area contributed by atoms with Gasteiger partial charge in [-0.2, -0.15) is 5.10 Å². The summed E-state index contributed by atoms with van der Waals surface area (Å²) in [5, 5.41) is 4.55. The van der Waals surface area contributed by atoms with Crippen LogP contribution in [0.25, 0.3) is 17.4 Å². The van der Waals surface area contributed by atoms with Gasteiger partial charge in [-0.3, -0.25) is 9.69 Å². The second-order valence-electron chi connectivity index (χ2n) is 8.70. The Labute approximate surface area is 181 Å². The third-order valence-electron chi connectivity index (χ3n) is 6.16. The van der Waals surface area contributed by atoms with Gasteiger partial charge in [-0.25, -0.2) is 14.6 Å². The molecule has 0 atom stereocenters. The molecule has 5 rings (SSSR count). The number of carbonyl (C=O) groups excluding carboxylic acids is 1. The van der Waals surface area contributed by atoms with Crippen molar-refractivity contribution in [2.45, 2.75) is 45.6 Å². The lowest BCUT2D eigenvalue weighted by Crippen LogP contribution is -2.50. The predicted octanol–water partition coefficient (Wildman–Crippen LogP) is 3.27. The molecule has 3 aromatic rings. The molecular weight excluding hydrogens is 392 g/mol. The minimum Gasteiger partial charge on any atom is -0.460 e. The molecule has 8 nitrogen and oxygen atoms in total. The zero-order valence-corrected chi connectivity index (χ0v) is 18.3. The summed E-state index contributed by atoms with van der Waals surface area (Å²) in [4.78, 5) is 26.8. The van der Waals surface area contributed by atoms with Crippen LogP contribution in [0.4, 0.5) is 0 Å². The predicted molar refractivity (Wildman–Crippen MR) is 116 cm³/mol. The van der Waals surface area contributed by atoms with Gasteiger partial charge in [-0.05, 0) is 51.8 Å². The Morgan fingerprint density at radius 2 is 1.90 bits per heavy atom. The fraction of sp³-hybridized carbons (Fsp3) is 0.478. The second-order valence-corrected chi connectivity index (χ2v) is 8.70. The summed E-state index contributed by atoms with van der Waals surface area (Å²) in [7, 11) is 0. The molecule has 0 bridgehead atoms. The van der Waals surface area contributed by atoms with Gasteiger partial charge in [0.25, 0.3) is 11.9 Å². The van der Waals surface area contributed by atoms with E-state index in [0.717, 1.165) is 50.5 Å². The Morgan fingerprint density at radius 1 is 1.13 bits per heavy atom. The SMILES string of the molecule is Cc1ccc(-c2ccnc(-n3ncc(C(=O)N4CCN(C(C)C)CC4)c3C3CC3)n2)o1. The van der Waals surface area contributed by atoms with Crippen molar-refractivity contribution < 1.29 is 9.21 Å². The molecule has 8 heteroatoms. The maximum Gasteiger partial charge on any atom is 0.257 e. The van der Waals surface area contributed by atoms with Crippen LogP contribution < -0.4 is 0 Å². The lowest BCUT2D eigenvalue weighted by atomic mass is 10.1. The molecule has 0 radical (unpaired) electrons. The highest BCUT2D eigenvalue weighted by molar-refractivity contribution is 5.95. The van der Waals surface area contributed by atoms with Crippen LogP contribution in [-0.4, -0.2) is 67.7 Å². The third kappa shape index (κ3) is 3.87. The van der Waals surface area contributed by atoms with E-state index in [1.54, 1.807) is 17.1 Å². The minimum atomic E-state index is 0.0642. The number of hydrogen-bond acceptors (Lipinski definition) is 6. The van der Waals surface area contributed by atoms with Crippen molar-refractivity contribution >= 4 is 5.91 Å². The van der Waals surface area contributed by atoms with Gasteiger partial charge in [0, 0.05) is 44.3 Å². The molecule has 1 saturated heterocycles. The van der Waals surface area contributed by atoms with Crippen molar-refractivity contribution in [2.24, 2.45) is 0 Å². The molecule has 0 unspecified atom stereocenters. The summed E-state index contributed by atoms with van der Waals surface area (Å²) < 4.78 is 7.46. The molecule has 3 aromatic heterocycles. The van der Waals surface area contributed by atoms with E-state index in [-0.39, 0.29) is 5.91 Å². The average molecular weight is 421 g/mol. The van der Waals surface area contributed by atoms with E-state index >= 15 is 0 Å². The first-order chi connectivity index (χ1) is 15.0. The van der Waals surface area contributed by atoms with Gasteiger partial charge in [0.05, 0.1) is 17.5 Å². The van der Waals surface area contributed by atoms with Crippen LogP contribution in [0.15, 0.2) is 35.0 Å². The van der Waals surface area contributed by atoms with Crippen LogP contribution in [-0.2, 0) is 0 Å². The monoisotopic (exact) mass is 420 g/mol. The molecule has 4 heterocycles. The first kappa shape index (κ1) is 19.9. The van der Waals surface area contributed by atoms with Crippen molar-refractivity contribution in [1.29, 1.82) is 0 Å². The van der Waals surface area contributed by atoms with E-state index in [0.29, 0.717) is 34.9 Å². The minimum absolute atomic E-state index is 0.0642. The number of furan rings is 1. The fourth-order valence-electron chi connectivity index (χ4n) is 4.20. The molecule has 2 fully saturated rings. The first-order valence-electron chi connectivity index (χ1n) is 11.0. The number of rotatable bonds is 5. The smallest absolute Gasteiger partial charge is 0.257 e. The fourth-order valence-corrected chi connectivity index (χ4v) is 4.20. The summed E-state index contributed by atoms with van der Waals surface area (Å²) in [5.74, 6) is 2.39. The zero-order chi connectivity index (χ0) is 21.5. The average Bonchev–Trinajstić information content (AvgIpc) is 3.37. The number of aryl methyl sites for hydroxylation is 1. The largest absolute Gasteiger partial charge is 0.460 e. The first-order valence-corrected chi connectivity index (χ1v) is 11.0. The van der Waals surface area contributed by atoms with Crippen molar-refractivity contribution in [3.8, 4) is 17.4 Å². The number of aromatic nitrogens is 4. The molecule has 1 saturated carbocycles. The number of nitrogens with zero attached hydrogens (tertiary/aromatic N) is 6. The van der Waals surface area contributed by atoms with E-state index in [9.17, 15) is 4.79 Å². The van der Waals surface area contributed by atoms with Gasteiger partial charge in [0.15, 0.2) is 5.76 Å². The second kappa shape index (κ2) is 7.92. The van der Waals surface area contributed by atoms with Gasteiger partial charge in [-0.1, -0.05) is 0 Å². The Kier molecular flexibility index (Phi) is 5.09. The maximum absolute atomic E-state index is 13.4. The summed E-state index contributed by atoms with van der Waals surface area (Å²) in [6.45, 7) is 9.61. The topological polar surface area (TPSA) is 80.3 Å². The molecule has 0 aromatic carbocycles. The molecule has 0 N–H and O–H groups in total. The van der Waals surface area contributed by atoms with Crippen LogP contribution in [0.3, 0.4) is 0 Å². The highest BCUT2D eigenvalue weighted by atomic mass is 16.3. The van der Waals surface area contributed by atoms with Crippen LogP contribution in [0.1, 0.15) is 54.4 Å². The van der Waals surface area contributed by atoms with Gasteiger partial charge in [0.2, 0.25) is 0 Å². The highest BCUT2D eigenvalue weighted by Gasteiger charge is 2.35. The van der Waals surface area contributed by atoms with Gasteiger partial charge >= 0.3 is 0 Å². The van der Waals surface area contributed by atoms with E-state index in [1.807, 2.05) is 30.0 Å². The molecule has 162 valence electrons. The van der Waals surface area contributed by atoms with Crippen molar-refractivity contribution in [2.75, 3.05) is 26.2 Å². The van der Waals surface area contributed by atoms with Gasteiger partial charge < -0.3 is 9.32 Å². The molecule has 1 aliphatic carbocycles. The maximum atomic E-state index is 13.4. The van der Waals surface area contributed by atoms with E-state index in [4.69, 9.17) is 4.42 Å². The Morgan fingerprint density at radius 3 is 2.55 bits per heavy atom. The summed E-state index contributed by atoms with van der Waals surface area (Å²) >= 11 is 0. The lowest BCUT2D eigenvalue weighted by molar-refractivity contribution is 0.0594. The number of amides is 1. The number of carbonyl (C=O) groups is 1. The zero-order valence-electron chi connectivity index (χ0n) is 18.3. The Bertz CT molecular complexity index is 1090. The van der Waals surface area contributed by atoms with Crippen molar-refractivity contribution in [1.82, 2.24) is 29.5 Å². The summed E-state index contributed by atoms with van der Waals surface area (Å²) in [6.07, 6.45) is 5.52. The van der Waals surface area contributed by atoms with Crippen LogP contribution in [0.2, 0.25) is 0 Å². The van der Waals surface area contributed by atoms with Gasteiger partial charge in [0.1, 0.15) is 11.5 Å². The standard InChI is InChI=1S/C23H28N6O2/c1-15(2)27-10-12-28(13-11-27)22(30)18-14-25-29(21(18)17-5-6-17)23-24-9-8-19(26-23)20-7-4-16(3)31-20/h4,7-9,14-15,17H,5-6,10-13H2,1-3H3. The molecule has 31 heavy (non-hydrogen) atoms. The highest BCUT2D eigenvalue weighted by Crippen LogP contribution is 2.42. The van der Waals surface area contributed by atoms with Crippen molar-refractivity contribution in [3.05, 3.63) is 47.6 Å². The van der Waals surface area contributed by atoms with E-state index in [2.05, 4.69) is 33.8 Å².